The molecule has 5 rings (SSSR count). The number of nitrogens with one attached hydrogen (secondary N) is 1. The molecule has 134 valence electrons. The number of esters is 1. The molecule has 25 heavy (non-hydrogen) atoms. The normalized spacial score (nSPS) is 32.4. The standard InChI is InChI=1S/C21H27NO3/c1-2-14-3-5-18(6-4-14)22-19(23)13-25-20(24)21-10-15-7-16(11-21)9-17(8-15)12-21/h3-6,15-17H,2,7-13H2,1H3,(H,22,23). The fourth-order valence-corrected chi connectivity index (χ4v) is 5.67. The van der Waals surface area contributed by atoms with Crippen molar-refractivity contribution in [3.05, 3.63) is 29.8 Å². The van der Waals surface area contributed by atoms with E-state index in [1.807, 2.05) is 24.3 Å². The van der Waals surface area contributed by atoms with Gasteiger partial charge in [-0.3, -0.25) is 9.59 Å². The summed E-state index contributed by atoms with van der Waals surface area (Å²) in [5.74, 6) is 1.70. The number of carbonyl (C=O) groups is 2. The average Bonchev–Trinajstić information content (AvgIpc) is 2.59. The molecule has 4 heteroatoms. The lowest BCUT2D eigenvalue weighted by atomic mass is 9.49. The van der Waals surface area contributed by atoms with Gasteiger partial charge in [0.2, 0.25) is 0 Å². The minimum Gasteiger partial charge on any atom is -0.455 e. The Bertz CT molecular complexity index is 629. The van der Waals surface area contributed by atoms with Crippen LogP contribution in [-0.2, 0) is 20.7 Å². The van der Waals surface area contributed by atoms with Crippen molar-refractivity contribution in [2.75, 3.05) is 11.9 Å². The molecule has 4 nitrogen and oxygen atoms in total. The van der Waals surface area contributed by atoms with Crippen LogP contribution in [0, 0.1) is 23.2 Å². The van der Waals surface area contributed by atoms with Gasteiger partial charge in [-0.25, -0.2) is 0 Å². The van der Waals surface area contributed by atoms with Crippen LogP contribution in [0.4, 0.5) is 5.69 Å². The number of aryl methyl sites for hydroxylation is 1. The summed E-state index contributed by atoms with van der Waals surface area (Å²) in [4.78, 5) is 24.8. The highest BCUT2D eigenvalue weighted by atomic mass is 16.5. The van der Waals surface area contributed by atoms with Gasteiger partial charge in [-0.1, -0.05) is 19.1 Å². The Balaban J connectivity index is 1.31. The van der Waals surface area contributed by atoms with Crippen molar-refractivity contribution in [3.8, 4) is 0 Å². The van der Waals surface area contributed by atoms with E-state index in [2.05, 4.69) is 12.2 Å². The van der Waals surface area contributed by atoms with Crippen molar-refractivity contribution < 1.29 is 14.3 Å². The van der Waals surface area contributed by atoms with Gasteiger partial charge in [-0.05, 0) is 80.4 Å². The second-order valence-corrected chi connectivity index (χ2v) is 8.37. The highest BCUT2D eigenvalue weighted by Gasteiger charge is 2.55. The summed E-state index contributed by atoms with van der Waals surface area (Å²) in [5.41, 5.74) is 1.68. The van der Waals surface area contributed by atoms with Gasteiger partial charge in [-0.15, -0.1) is 0 Å². The molecule has 4 aliphatic carbocycles. The summed E-state index contributed by atoms with van der Waals surface area (Å²) in [5, 5.41) is 2.81. The Hall–Kier alpha value is -1.84. The Morgan fingerprint density at radius 1 is 1.04 bits per heavy atom. The van der Waals surface area contributed by atoms with E-state index in [1.54, 1.807) is 0 Å². The lowest BCUT2D eigenvalue weighted by Gasteiger charge is -2.55. The molecule has 0 aromatic heterocycles. The van der Waals surface area contributed by atoms with Crippen molar-refractivity contribution in [2.24, 2.45) is 23.2 Å². The van der Waals surface area contributed by atoms with E-state index in [-0.39, 0.29) is 23.9 Å². The molecular formula is C21H27NO3. The van der Waals surface area contributed by atoms with Crippen molar-refractivity contribution in [3.63, 3.8) is 0 Å². The minimum atomic E-state index is -0.294. The van der Waals surface area contributed by atoms with Crippen molar-refractivity contribution in [2.45, 2.75) is 51.9 Å². The third-order valence-electron chi connectivity index (χ3n) is 6.45. The molecule has 0 radical (unpaired) electrons. The number of hydrogen-bond donors (Lipinski definition) is 1. The molecule has 1 aromatic rings. The van der Waals surface area contributed by atoms with Gasteiger partial charge in [0.15, 0.2) is 6.61 Å². The van der Waals surface area contributed by atoms with E-state index in [0.717, 1.165) is 31.4 Å². The second-order valence-electron chi connectivity index (χ2n) is 8.37. The molecule has 0 spiro atoms. The maximum absolute atomic E-state index is 12.7. The summed E-state index contributed by atoms with van der Waals surface area (Å²) in [6.45, 7) is 1.91. The zero-order valence-corrected chi connectivity index (χ0v) is 14.9. The van der Waals surface area contributed by atoms with Crippen LogP contribution in [0.5, 0.6) is 0 Å². The molecule has 0 aliphatic heterocycles. The molecule has 4 saturated carbocycles. The van der Waals surface area contributed by atoms with Crippen molar-refractivity contribution in [1.82, 2.24) is 0 Å². The zero-order chi connectivity index (χ0) is 17.4. The maximum Gasteiger partial charge on any atom is 0.312 e. The van der Waals surface area contributed by atoms with Crippen LogP contribution in [0.1, 0.15) is 51.0 Å². The molecule has 1 amide bonds. The number of hydrogen-bond acceptors (Lipinski definition) is 3. The Labute approximate surface area is 149 Å². The van der Waals surface area contributed by atoms with Crippen molar-refractivity contribution in [1.29, 1.82) is 0 Å². The predicted molar refractivity (Wildman–Crippen MR) is 96.0 cm³/mol. The van der Waals surface area contributed by atoms with Crippen LogP contribution in [0.3, 0.4) is 0 Å². The predicted octanol–water partition coefficient (Wildman–Crippen LogP) is 3.95. The topological polar surface area (TPSA) is 55.4 Å². The van der Waals surface area contributed by atoms with E-state index in [9.17, 15) is 9.59 Å². The Morgan fingerprint density at radius 3 is 2.12 bits per heavy atom. The first-order valence-electron chi connectivity index (χ1n) is 9.62. The molecule has 1 aromatic carbocycles. The molecule has 0 unspecified atom stereocenters. The monoisotopic (exact) mass is 341 g/mol. The van der Waals surface area contributed by atoms with Crippen LogP contribution in [0.2, 0.25) is 0 Å². The Kier molecular flexibility index (Phi) is 4.30. The number of amides is 1. The Morgan fingerprint density at radius 2 is 1.60 bits per heavy atom. The van der Waals surface area contributed by atoms with Crippen LogP contribution < -0.4 is 5.32 Å². The third-order valence-corrected chi connectivity index (χ3v) is 6.45. The first-order chi connectivity index (χ1) is 12.1. The summed E-state index contributed by atoms with van der Waals surface area (Å²) >= 11 is 0. The molecule has 1 N–H and O–H groups in total. The van der Waals surface area contributed by atoms with Gasteiger partial charge >= 0.3 is 5.97 Å². The van der Waals surface area contributed by atoms with Gasteiger partial charge in [0.1, 0.15) is 0 Å². The number of ether oxygens (including phenoxy) is 1. The number of benzene rings is 1. The van der Waals surface area contributed by atoms with Gasteiger partial charge in [0, 0.05) is 5.69 Å². The molecular weight excluding hydrogens is 314 g/mol. The number of anilines is 1. The van der Waals surface area contributed by atoms with E-state index in [4.69, 9.17) is 4.74 Å². The van der Waals surface area contributed by atoms with Crippen LogP contribution in [0.15, 0.2) is 24.3 Å². The lowest BCUT2D eigenvalue weighted by molar-refractivity contribution is -0.172. The molecule has 0 heterocycles. The molecule has 4 aliphatic rings. The largest absolute Gasteiger partial charge is 0.455 e. The van der Waals surface area contributed by atoms with Gasteiger partial charge < -0.3 is 10.1 Å². The number of carbonyl (C=O) groups excluding carboxylic acids is 2. The second kappa shape index (κ2) is 6.47. The van der Waals surface area contributed by atoms with Gasteiger partial charge in [0.05, 0.1) is 5.41 Å². The van der Waals surface area contributed by atoms with E-state index >= 15 is 0 Å². The smallest absolute Gasteiger partial charge is 0.312 e. The molecule has 0 saturated heterocycles. The fraction of sp³-hybridized carbons (Fsp3) is 0.619. The SMILES string of the molecule is CCc1ccc(NC(=O)COC(=O)C23CC4CC(CC(C4)C2)C3)cc1. The van der Waals surface area contributed by atoms with Gasteiger partial charge in [0.25, 0.3) is 5.91 Å². The van der Waals surface area contributed by atoms with Crippen LogP contribution >= 0.6 is 0 Å². The average molecular weight is 341 g/mol. The molecule has 0 atom stereocenters. The maximum atomic E-state index is 12.7. The third kappa shape index (κ3) is 3.31. The van der Waals surface area contributed by atoms with Crippen LogP contribution in [-0.4, -0.2) is 18.5 Å². The van der Waals surface area contributed by atoms with E-state index in [1.165, 1.54) is 24.8 Å². The fourth-order valence-electron chi connectivity index (χ4n) is 5.67. The summed E-state index contributed by atoms with van der Waals surface area (Å²) in [6.07, 6.45) is 7.76. The summed E-state index contributed by atoms with van der Waals surface area (Å²) < 4.78 is 5.45. The summed E-state index contributed by atoms with van der Waals surface area (Å²) in [7, 11) is 0. The lowest BCUT2D eigenvalue weighted by Crippen LogP contribution is -2.50. The zero-order valence-electron chi connectivity index (χ0n) is 14.9. The van der Waals surface area contributed by atoms with Crippen LogP contribution in [0.25, 0.3) is 0 Å². The number of rotatable bonds is 5. The van der Waals surface area contributed by atoms with Gasteiger partial charge in [-0.2, -0.15) is 0 Å². The first-order valence-corrected chi connectivity index (χ1v) is 9.62. The minimum absolute atomic E-state index is 0.136. The highest BCUT2D eigenvalue weighted by molar-refractivity contribution is 5.93. The van der Waals surface area contributed by atoms with E-state index in [0.29, 0.717) is 17.8 Å². The van der Waals surface area contributed by atoms with Crippen molar-refractivity contribution >= 4 is 17.6 Å². The van der Waals surface area contributed by atoms with E-state index < -0.39 is 0 Å². The molecule has 4 bridgehead atoms. The summed E-state index contributed by atoms with van der Waals surface area (Å²) in [6, 6.07) is 7.77. The first kappa shape index (κ1) is 16.6. The molecule has 4 fully saturated rings. The highest BCUT2D eigenvalue weighted by Crippen LogP contribution is 2.60. The quantitative estimate of drug-likeness (QED) is 0.825.